The number of nitrogens with one attached hydrogen (secondary N) is 1. The molecule has 0 heterocycles. The van der Waals surface area contributed by atoms with Gasteiger partial charge in [-0.15, -0.1) is 12.4 Å². The third kappa shape index (κ3) is 2.85. The lowest BCUT2D eigenvalue weighted by Gasteiger charge is -2.23. The van der Waals surface area contributed by atoms with Crippen LogP contribution < -0.4 is 5.32 Å². The first-order valence-corrected chi connectivity index (χ1v) is 6.16. The Morgan fingerprint density at radius 2 is 1.94 bits per heavy atom. The first kappa shape index (κ1) is 15.0. The summed E-state index contributed by atoms with van der Waals surface area (Å²) >= 11 is 0. The molecule has 1 saturated carbocycles. The van der Waals surface area contributed by atoms with Gasteiger partial charge in [0.25, 0.3) is 0 Å². The molecule has 0 atom stereocenters. The monoisotopic (exact) mass is 268 g/mol. The number of benzene rings is 1. The van der Waals surface area contributed by atoms with E-state index in [0.29, 0.717) is 0 Å². The van der Waals surface area contributed by atoms with E-state index < -0.39 is 0 Å². The zero-order valence-corrected chi connectivity index (χ0v) is 11.8. The van der Waals surface area contributed by atoms with Gasteiger partial charge in [-0.3, -0.25) is 4.79 Å². The number of rotatable bonds is 5. The minimum absolute atomic E-state index is 0. The summed E-state index contributed by atoms with van der Waals surface area (Å²) < 4.78 is 0. The summed E-state index contributed by atoms with van der Waals surface area (Å²) in [6, 6.07) is 10.1. The Bertz CT molecular complexity index is 390. The van der Waals surface area contributed by atoms with Crippen molar-refractivity contribution in [2.75, 3.05) is 27.2 Å². The van der Waals surface area contributed by atoms with E-state index in [1.54, 1.807) is 0 Å². The third-order valence-electron chi connectivity index (χ3n) is 3.53. The number of hydrogen-bond donors (Lipinski definition) is 1. The predicted molar refractivity (Wildman–Crippen MR) is 76.2 cm³/mol. The number of hydrogen-bond acceptors (Lipinski definition) is 2. The van der Waals surface area contributed by atoms with Crippen LogP contribution in [0.15, 0.2) is 30.3 Å². The highest BCUT2D eigenvalue weighted by atomic mass is 35.5. The predicted octanol–water partition coefficient (Wildman–Crippen LogP) is 1.82. The second-order valence-corrected chi connectivity index (χ2v) is 4.78. The quantitative estimate of drug-likeness (QED) is 0.884. The first-order chi connectivity index (χ1) is 8.20. The van der Waals surface area contributed by atoms with Gasteiger partial charge in [0.1, 0.15) is 0 Å². The lowest BCUT2D eigenvalue weighted by Crippen LogP contribution is -2.39. The molecule has 0 radical (unpaired) electrons. The standard InChI is InChI=1S/C14H20N2O.ClH/c1-15-10-11-16(2)13(17)14(8-9-14)12-6-4-3-5-7-12;/h3-7,15H,8-11H2,1-2H3;1H. The van der Waals surface area contributed by atoms with Crippen molar-refractivity contribution in [1.29, 1.82) is 0 Å². The molecule has 100 valence electrons. The average molecular weight is 269 g/mol. The van der Waals surface area contributed by atoms with Crippen molar-refractivity contribution in [2.45, 2.75) is 18.3 Å². The SMILES string of the molecule is CNCCN(C)C(=O)C1(c2ccccc2)CC1.Cl. The Labute approximate surface area is 115 Å². The minimum atomic E-state index is -0.219. The highest BCUT2D eigenvalue weighted by Crippen LogP contribution is 2.49. The number of carbonyl (C=O) groups is 1. The van der Waals surface area contributed by atoms with Crippen molar-refractivity contribution in [2.24, 2.45) is 0 Å². The second kappa shape index (κ2) is 6.21. The molecule has 18 heavy (non-hydrogen) atoms. The van der Waals surface area contributed by atoms with Gasteiger partial charge >= 0.3 is 0 Å². The van der Waals surface area contributed by atoms with Gasteiger partial charge in [0.05, 0.1) is 5.41 Å². The summed E-state index contributed by atoms with van der Waals surface area (Å²) in [5.74, 6) is 0.263. The topological polar surface area (TPSA) is 32.3 Å². The molecule has 4 heteroatoms. The fraction of sp³-hybridized carbons (Fsp3) is 0.500. The van der Waals surface area contributed by atoms with Gasteiger partial charge in [0, 0.05) is 20.1 Å². The van der Waals surface area contributed by atoms with Crippen LogP contribution in [0.3, 0.4) is 0 Å². The molecule has 0 unspecified atom stereocenters. The van der Waals surface area contributed by atoms with Crippen molar-refractivity contribution < 1.29 is 4.79 Å². The Morgan fingerprint density at radius 1 is 1.33 bits per heavy atom. The average Bonchev–Trinajstić information content (AvgIpc) is 3.17. The molecule has 1 fully saturated rings. The molecular weight excluding hydrogens is 248 g/mol. The van der Waals surface area contributed by atoms with Gasteiger partial charge in [-0.05, 0) is 25.5 Å². The largest absolute Gasteiger partial charge is 0.344 e. The molecule has 2 rings (SSSR count). The molecule has 1 aromatic carbocycles. The molecular formula is C14H21ClN2O. The van der Waals surface area contributed by atoms with Gasteiger partial charge in [0.15, 0.2) is 0 Å². The maximum Gasteiger partial charge on any atom is 0.233 e. The maximum atomic E-state index is 12.4. The van der Waals surface area contributed by atoms with Crippen molar-refractivity contribution in [1.82, 2.24) is 10.2 Å². The number of amides is 1. The van der Waals surface area contributed by atoms with Crippen molar-refractivity contribution in [3.8, 4) is 0 Å². The summed E-state index contributed by atoms with van der Waals surface area (Å²) in [5.41, 5.74) is 0.949. The van der Waals surface area contributed by atoms with Gasteiger partial charge in [-0.1, -0.05) is 30.3 Å². The van der Waals surface area contributed by atoms with Crippen LogP contribution in [0.5, 0.6) is 0 Å². The van der Waals surface area contributed by atoms with Crippen LogP contribution in [0.4, 0.5) is 0 Å². The van der Waals surface area contributed by atoms with E-state index in [1.807, 2.05) is 37.2 Å². The molecule has 1 aliphatic carbocycles. The van der Waals surface area contributed by atoms with Crippen LogP contribution in [0.1, 0.15) is 18.4 Å². The Hall–Kier alpha value is -1.06. The van der Waals surface area contributed by atoms with Crippen LogP contribution in [0, 0.1) is 0 Å². The molecule has 0 spiro atoms. The summed E-state index contributed by atoms with van der Waals surface area (Å²) in [6.07, 6.45) is 1.97. The van der Waals surface area contributed by atoms with E-state index in [2.05, 4.69) is 17.4 Å². The molecule has 3 nitrogen and oxygen atoms in total. The van der Waals surface area contributed by atoms with E-state index >= 15 is 0 Å². The van der Waals surface area contributed by atoms with Gasteiger partial charge in [0.2, 0.25) is 5.91 Å². The van der Waals surface area contributed by atoms with Crippen molar-refractivity contribution in [3.63, 3.8) is 0 Å². The highest BCUT2D eigenvalue weighted by molar-refractivity contribution is 5.91. The van der Waals surface area contributed by atoms with E-state index in [0.717, 1.165) is 25.9 Å². The number of halogens is 1. The van der Waals surface area contributed by atoms with Gasteiger partial charge < -0.3 is 10.2 Å². The Morgan fingerprint density at radius 3 is 2.44 bits per heavy atom. The van der Waals surface area contributed by atoms with Crippen LogP contribution in [-0.2, 0) is 10.2 Å². The summed E-state index contributed by atoms with van der Waals surface area (Å²) in [5, 5.41) is 3.07. The number of nitrogens with zero attached hydrogens (tertiary/aromatic N) is 1. The lowest BCUT2D eigenvalue weighted by molar-refractivity contribution is -0.132. The summed E-state index contributed by atoms with van der Waals surface area (Å²) in [4.78, 5) is 14.3. The minimum Gasteiger partial charge on any atom is -0.344 e. The fourth-order valence-corrected chi connectivity index (χ4v) is 2.25. The summed E-state index contributed by atoms with van der Waals surface area (Å²) in [6.45, 7) is 1.61. The van der Waals surface area contributed by atoms with Crippen LogP contribution in [0.25, 0.3) is 0 Å². The molecule has 1 aliphatic rings. The van der Waals surface area contributed by atoms with Crippen LogP contribution in [-0.4, -0.2) is 38.0 Å². The Kier molecular flexibility index (Phi) is 5.17. The fourth-order valence-electron chi connectivity index (χ4n) is 2.25. The van der Waals surface area contributed by atoms with Crippen LogP contribution >= 0.6 is 12.4 Å². The third-order valence-corrected chi connectivity index (χ3v) is 3.53. The Balaban J connectivity index is 0.00000162. The van der Waals surface area contributed by atoms with Crippen molar-refractivity contribution >= 4 is 18.3 Å². The molecule has 0 aromatic heterocycles. The maximum absolute atomic E-state index is 12.4. The zero-order chi connectivity index (χ0) is 12.3. The van der Waals surface area contributed by atoms with E-state index in [9.17, 15) is 4.79 Å². The number of carbonyl (C=O) groups excluding carboxylic acids is 1. The smallest absolute Gasteiger partial charge is 0.233 e. The number of likely N-dealkylation sites (N-methyl/N-ethyl adjacent to an activating group) is 2. The van der Waals surface area contributed by atoms with Crippen molar-refractivity contribution in [3.05, 3.63) is 35.9 Å². The first-order valence-electron chi connectivity index (χ1n) is 6.16. The molecule has 0 bridgehead atoms. The lowest BCUT2D eigenvalue weighted by atomic mass is 9.94. The molecule has 0 saturated heterocycles. The van der Waals surface area contributed by atoms with Crippen LogP contribution in [0.2, 0.25) is 0 Å². The summed E-state index contributed by atoms with van der Waals surface area (Å²) in [7, 11) is 3.80. The molecule has 0 aliphatic heterocycles. The van der Waals surface area contributed by atoms with E-state index in [-0.39, 0.29) is 23.7 Å². The van der Waals surface area contributed by atoms with Gasteiger partial charge in [-0.2, -0.15) is 0 Å². The highest BCUT2D eigenvalue weighted by Gasteiger charge is 2.52. The second-order valence-electron chi connectivity index (χ2n) is 4.78. The normalized spacial score (nSPS) is 15.7. The molecule has 1 amide bonds. The zero-order valence-electron chi connectivity index (χ0n) is 11.0. The van der Waals surface area contributed by atoms with Gasteiger partial charge in [-0.25, -0.2) is 0 Å². The van der Waals surface area contributed by atoms with E-state index in [1.165, 1.54) is 5.56 Å². The molecule has 1 N–H and O–H groups in total. The van der Waals surface area contributed by atoms with E-state index in [4.69, 9.17) is 0 Å². The molecule has 1 aromatic rings.